The summed E-state index contributed by atoms with van der Waals surface area (Å²) < 4.78 is 24.2. The van der Waals surface area contributed by atoms with Crippen LogP contribution in [0.5, 0.6) is 5.75 Å². The van der Waals surface area contributed by atoms with Crippen LogP contribution >= 0.6 is 0 Å². The maximum Gasteiger partial charge on any atom is 0.410 e. The average Bonchev–Trinajstić information content (AvgIpc) is 2.79. The lowest BCUT2D eigenvalue weighted by Gasteiger charge is -2.40. The van der Waals surface area contributed by atoms with E-state index in [9.17, 15) is 9.18 Å². The van der Waals surface area contributed by atoms with E-state index in [0.29, 0.717) is 0 Å². The summed E-state index contributed by atoms with van der Waals surface area (Å²) in [5.74, 6) is -0.132. The molecule has 2 unspecified atom stereocenters. The van der Waals surface area contributed by atoms with Gasteiger partial charge in [-0.1, -0.05) is 0 Å². The summed E-state index contributed by atoms with van der Waals surface area (Å²) in [5, 5.41) is 3.47. The minimum absolute atomic E-state index is 0.202. The van der Waals surface area contributed by atoms with E-state index >= 15 is 0 Å². The second-order valence-corrected chi connectivity index (χ2v) is 7.93. The molecule has 2 bridgehead atoms. The van der Waals surface area contributed by atoms with Gasteiger partial charge in [-0.25, -0.2) is 9.18 Å². The molecule has 3 rings (SSSR count). The molecule has 2 atom stereocenters. The normalized spacial score (nSPS) is 25.6. The SMILES string of the molecule is COc1cc(NC2CC3CCC(C2)N3C(=O)OC(C)(C)C)ccc1F. The lowest BCUT2D eigenvalue weighted by molar-refractivity contribution is 0.00684. The van der Waals surface area contributed by atoms with Crippen molar-refractivity contribution in [2.75, 3.05) is 12.4 Å². The zero-order chi connectivity index (χ0) is 18.2. The molecule has 0 aliphatic carbocycles. The first-order valence-corrected chi connectivity index (χ1v) is 8.88. The second-order valence-electron chi connectivity index (χ2n) is 7.93. The van der Waals surface area contributed by atoms with Crippen LogP contribution < -0.4 is 10.1 Å². The van der Waals surface area contributed by atoms with Crippen molar-refractivity contribution < 1.29 is 18.7 Å². The van der Waals surface area contributed by atoms with E-state index in [-0.39, 0.29) is 35.8 Å². The Bertz CT molecular complexity index is 630. The number of amides is 1. The average molecular weight is 350 g/mol. The molecule has 1 aromatic carbocycles. The number of nitrogens with zero attached hydrogens (tertiary/aromatic N) is 1. The predicted molar refractivity (Wildman–Crippen MR) is 94.5 cm³/mol. The number of ether oxygens (including phenoxy) is 2. The molecule has 0 aromatic heterocycles. The van der Waals surface area contributed by atoms with Crippen molar-refractivity contribution in [2.24, 2.45) is 0 Å². The molecule has 0 radical (unpaired) electrons. The highest BCUT2D eigenvalue weighted by Crippen LogP contribution is 2.38. The second kappa shape index (κ2) is 6.73. The fraction of sp³-hybridized carbons (Fsp3) is 0.632. The van der Waals surface area contributed by atoms with Gasteiger partial charge in [0.2, 0.25) is 0 Å². The van der Waals surface area contributed by atoms with Gasteiger partial charge in [-0.2, -0.15) is 0 Å². The Morgan fingerprint density at radius 1 is 1.24 bits per heavy atom. The quantitative estimate of drug-likeness (QED) is 0.889. The van der Waals surface area contributed by atoms with Crippen molar-refractivity contribution in [3.05, 3.63) is 24.0 Å². The molecule has 1 aromatic rings. The number of hydrogen-bond donors (Lipinski definition) is 1. The molecular weight excluding hydrogens is 323 g/mol. The minimum Gasteiger partial charge on any atom is -0.494 e. The monoisotopic (exact) mass is 350 g/mol. The van der Waals surface area contributed by atoms with Crippen LogP contribution in [0, 0.1) is 5.82 Å². The van der Waals surface area contributed by atoms with Gasteiger partial charge in [0.1, 0.15) is 5.60 Å². The Morgan fingerprint density at radius 3 is 2.44 bits per heavy atom. The summed E-state index contributed by atoms with van der Waals surface area (Å²) in [5.41, 5.74) is 0.365. The van der Waals surface area contributed by atoms with Crippen LogP contribution in [0.1, 0.15) is 46.5 Å². The van der Waals surface area contributed by atoms with E-state index < -0.39 is 5.60 Å². The Balaban J connectivity index is 1.65. The number of rotatable bonds is 3. The Labute approximate surface area is 148 Å². The molecular formula is C19H27FN2O3. The van der Waals surface area contributed by atoms with E-state index in [2.05, 4.69) is 5.32 Å². The molecule has 1 amide bonds. The molecule has 2 aliphatic heterocycles. The lowest BCUT2D eigenvalue weighted by atomic mass is 9.97. The Hall–Kier alpha value is -1.98. The first-order valence-electron chi connectivity index (χ1n) is 8.88. The van der Waals surface area contributed by atoms with Crippen molar-refractivity contribution in [1.82, 2.24) is 4.90 Å². The molecule has 138 valence electrons. The number of anilines is 1. The van der Waals surface area contributed by atoms with E-state index in [1.165, 1.54) is 13.2 Å². The Morgan fingerprint density at radius 2 is 1.88 bits per heavy atom. The van der Waals surface area contributed by atoms with Gasteiger partial charge in [-0.05, 0) is 58.6 Å². The predicted octanol–water partition coefficient (Wildman–Crippen LogP) is 4.18. The molecule has 0 saturated carbocycles. The maximum absolute atomic E-state index is 13.5. The number of carbonyl (C=O) groups is 1. The smallest absolute Gasteiger partial charge is 0.410 e. The highest BCUT2D eigenvalue weighted by Gasteiger charge is 2.44. The summed E-state index contributed by atoms with van der Waals surface area (Å²) in [4.78, 5) is 14.4. The Kier molecular flexibility index (Phi) is 4.80. The number of halogens is 1. The number of hydrogen-bond acceptors (Lipinski definition) is 4. The van der Waals surface area contributed by atoms with Gasteiger partial charge < -0.3 is 19.7 Å². The highest BCUT2D eigenvalue weighted by molar-refractivity contribution is 5.69. The lowest BCUT2D eigenvalue weighted by Crippen LogP contribution is -2.51. The molecule has 25 heavy (non-hydrogen) atoms. The summed E-state index contributed by atoms with van der Waals surface area (Å²) in [6.07, 6.45) is 3.55. The van der Waals surface area contributed by atoms with Crippen LogP contribution in [0.3, 0.4) is 0 Å². The number of carbonyl (C=O) groups excluding carboxylic acids is 1. The van der Waals surface area contributed by atoms with Crippen LogP contribution in [0.2, 0.25) is 0 Å². The van der Waals surface area contributed by atoms with Crippen LogP contribution in [-0.2, 0) is 4.74 Å². The molecule has 2 fully saturated rings. The zero-order valence-corrected chi connectivity index (χ0v) is 15.3. The van der Waals surface area contributed by atoms with Crippen molar-refractivity contribution in [2.45, 2.75) is 70.2 Å². The van der Waals surface area contributed by atoms with Gasteiger partial charge in [-0.15, -0.1) is 0 Å². The first-order chi connectivity index (χ1) is 11.8. The molecule has 2 saturated heterocycles. The molecule has 1 N–H and O–H groups in total. The van der Waals surface area contributed by atoms with E-state index in [1.54, 1.807) is 12.1 Å². The van der Waals surface area contributed by atoms with Crippen LogP contribution in [0.25, 0.3) is 0 Å². The summed E-state index contributed by atoms with van der Waals surface area (Å²) in [6, 6.07) is 5.47. The molecule has 0 spiro atoms. The fourth-order valence-electron chi connectivity index (χ4n) is 3.89. The topological polar surface area (TPSA) is 50.8 Å². The third-order valence-corrected chi connectivity index (χ3v) is 4.86. The molecule has 2 aliphatic rings. The van der Waals surface area contributed by atoms with Crippen molar-refractivity contribution >= 4 is 11.8 Å². The maximum atomic E-state index is 13.5. The molecule has 5 nitrogen and oxygen atoms in total. The summed E-state index contributed by atoms with van der Waals surface area (Å²) in [7, 11) is 1.46. The highest BCUT2D eigenvalue weighted by atomic mass is 19.1. The fourth-order valence-corrected chi connectivity index (χ4v) is 3.89. The molecule has 6 heteroatoms. The standard InChI is InChI=1S/C19H27FN2O3/c1-19(2,3)25-18(23)22-14-6-7-15(22)10-13(9-14)21-12-5-8-16(20)17(11-12)24-4/h5,8,11,13-15,21H,6-7,9-10H2,1-4H3. The summed E-state index contributed by atoms with van der Waals surface area (Å²) >= 11 is 0. The third-order valence-electron chi connectivity index (χ3n) is 4.86. The number of piperidine rings is 1. The van der Waals surface area contributed by atoms with Crippen LogP contribution in [0.15, 0.2) is 18.2 Å². The van der Waals surface area contributed by atoms with E-state index in [1.807, 2.05) is 25.7 Å². The van der Waals surface area contributed by atoms with Crippen molar-refractivity contribution in [1.29, 1.82) is 0 Å². The number of nitrogens with one attached hydrogen (secondary N) is 1. The van der Waals surface area contributed by atoms with Gasteiger partial charge in [0.05, 0.1) is 7.11 Å². The largest absolute Gasteiger partial charge is 0.494 e. The summed E-state index contributed by atoms with van der Waals surface area (Å²) in [6.45, 7) is 5.68. The minimum atomic E-state index is -0.476. The van der Waals surface area contributed by atoms with Gasteiger partial charge in [0, 0.05) is 29.9 Å². The van der Waals surface area contributed by atoms with E-state index in [0.717, 1.165) is 31.4 Å². The zero-order valence-electron chi connectivity index (χ0n) is 15.3. The van der Waals surface area contributed by atoms with E-state index in [4.69, 9.17) is 9.47 Å². The van der Waals surface area contributed by atoms with Gasteiger partial charge in [-0.3, -0.25) is 0 Å². The van der Waals surface area contributed by atoms with Gasteiger partial charge in [0.15, 0.2) is 11.6 Å². The first kappa shape index (κ1) is 17.8. The van der Waals surface area contributed by atoms with Crippen molar-refractivity contribution in [3.8, 4) is 5.75 Å². The van der Waals surface area contributed by atoms with Crippen LogP contribution in [0.4, 0.5) is 14.9 Å². The number of methoxy groups -OCH3 is 1. The third kappa shape index (κ3) is 3.99. The van der Waals surface area contributed by atoms with Gasteiger partial charge in [0.25, 0.3) is 0 Å². The number of fused-ring (bicyclic) bond motifs is 2. The van der Waals surface area contributed by atoms with Crippen LogP contribution in [-0.4, -0.2) is 41.8 Å². The molecule has 2 heterocycles. The van der Waals surface area contributed by atoms with Gasteiger partial charge >= 0.3 is 6.09 Å². The van der Waals surface area contributed by atoms with Crippen molar-refractivity contribution in [3.63, 3.8) is 0 Å². The number of benzene rings is 1.